The van der Waals surface area contributed by atoms with Gasteiger partial charge in [-0.3, -0.25) is 0 Å². The highest BCUT2D eigenvalue weighted by Gasteiger charge is 1.96. The molecule has 1 aromatic carbocycles. The van der Waals surface area contributed by atoms with E-state index in [1.807, 2.05) is 12.1 Å². The number of carbonyl (C=O) groups excluding carboxylic acids is 1. The lowest BCUT2D eigenvalue weighted by Gasteiger charge is -2.01. The van der Waals surface area contributed by atoms with Crippen LogP contribution in [0.5, 0.6) is 0 Å². The number of ether oxygens (including phenoxy) is 1. The maximum absolute atomic E-state index is 10.4. The van der Waals surface area contributed by atoms with Gasteiger partial charge in [-0.1, -0.05) is 12.1 Å². The van der Waals surface area contributed by atoms with Crippen LogP contribution in [0.4, 0.5) is 10.5 Å². The molecule has 0 aliphatic carbocycles. The van der Waals surface area contributed by atoms with Gasteiger partial charge in [-0.05, 0) is 17.7 Å². The molecular weight excluding hydrogens is 269 g/mol. The Labute approximate surface area is 84.0 Å². The van der Waals surface area contributed by atoms with Gasteiger partial charge in [0.25, 0.3) is 0 Å². The molecule has 0 aliphatic rings. The first-order valence-electron chi connectivity index (χ1n) is 3.35. The van der Waals surface area contributed by atoms with Crippen LogP contribution in [0.25, 0.3) is 0 Å². The molecule has 1 aromatic rings. The second-order valence-electron chi connectivity index (χ2n) is 2.27. The molecule has 0 saturated carbocycles. The summed E-state index contributed by atoms with van der Waals surface area (Å²) in [4.78, 5) is 10.4. The summed E-state index contributed by atoms with van der Waals surface area (Å²) in [7, 11) is 0. The van der Waals surface area contributed by atoms with Crippen molar-refractivity contribution in [1.82, 2.24) is 0 Å². The van der Waals surface area contributed by atoms with E-state index in [4.69, 9.17) is 10.5 Å². The number of nitrogens with two attached hydrogens (primary N) is 1. The third kappa shape index (κ3) is 3.08. The third-order valence-corrected chi connectivity index (χ3v) is 1.61. The van der Waals surface area contributed by atoms with Crippen molar-refractivity contribution in [2.45, 2.75) is 6.61 Å². The molecule has 0 atom stereocenters. The number of nitrogen functional groups attached to an aromatic ring is 1. The molecule has 0 heterocycles. The molecule has 0 fully saturated rings. The number of carbonyl (C=O) groups is 1. The third-order valence-electron chi connectivity index (χ3n) is 1.30. The van der Waals surface area contributed by atoms with E-state index in [1.165, 1.54) is 0 Å². The largest absolute Gasteiger partial charge is 0.453 e. The molecule has 0 bridgehead atoms. The lowest BCUT2D eigenvalue weighted by atomic mass is 10.2. The van der Waals surface area contributed by atoms with Gasteiger partial charge in [0, 0.05) is 5.69 Å². The zero-order valence-electron chi connectivity index (χ0n) is 6.29. The predicted octanol–water partition coefficient (Wildman–Crippen LogP) is 2.34. The Morgan fingerprint density at radius 2 is 2.33 bits per heavy atom. The summed E-state index contributed by atoms with van der Waals surface area (Å²) in [6.07, 6.45) is 0. The van der Waals surface area contributed by atoms with Gasteiger partial charge in [-0.25, -0.2) is 4.79 Å². The van der Waals surface area contributed by atoms with E-state index in [0.717, 1.165) is 5.56 Å². The van der Waals surface area contributed by atoms with Crippen LogP contribution in [0.15, 0.2) is 24.3 Å². The van der Waals surface area contributed by atoms with Crippen LogP contribution in [0, 0.1) is 0 Å². The Morgan fingerprint density at radius 1 is 1.58 bits per heavy atom. The molecule has 0 radical (unpaired) electrons. The second-order valence-corrected chi connectivity index (χ2v) is 3.15. The van der Waals surface area contributed by atoms with Crippen molar-refractivity contribution in [3.05, 3.63) is 29.8 Å². The average Bonchev–Trinajstić information content (AvgIpc) is 2.01. The maximum atomic E-state index is 10.4. The van der Waals surface area contributed by atoms with E-state index in [0.29, 0.717) is 5.69 Å². The number of anilines is 1. The maximum Gasteiger partial charge on any atom is 0.367 e. The quantitative estimate of drug-likeness (QED) is 0.513. The van der Waals surface area contributed by atoms with E-state index < -0.39 is 0 Å². The van der Waals surface area contributed by atoms with Gasteiger partial charge in [0.05, 0.1) is 22.6 Å². The van der Waals surface area contributed by atoms with Gasteiger partial charge in [-0.2, -0.15) is 0 Å². The molecule has 0 unspecified atom stereocenters. The van der Waals surface area contributed by atoms with Gasteiger partial charge in [0.1, 0.15) is 6.61 Å². The minimum Gasteiger partial charge on any atom is -0.453 e. The summed E-state index contributed by atoms with van der Waals surface area (Å²) in [6, 6.07) is 7.25. The fraction of sp³-hybridized carbons (Fsp3) is 0.125. The number of hydrogen-bond acceptors (Lipinski definition) is 3. The molecule has 1 rings (SSSR count). The number of hydrogen-bond donors (Lipinski definition) is 1. The highest BCUT2D eigenvalue weighted by molar-refractivity contribution is 14.1. The summed E-state index contributed by atoms with van der Waals surface area (Å²) < 4.78 is 4.46. The number of halogens is 1. The van der Waals surface area contributed by atoms with Gasteiger partial charge < -0.3 is 10.5 Å². The first kappa shape index (κ1) is 9.31. The topological polar surface area (TPSA) is 52.3 Å². The molecule has 0 spiro atoms. The molecule has 0 saturated heterocycles. The zero-order valence-corrected chi connectivity index (χ0v) is 8.45. The lowest BCUT2D eigenvalue weighted by molar-refractivity contribution is 0.172. The standard InChI is InChI=1S/C8H8INO2/c9-8(11)12-5-6-2-1-3-7(10)4-6/h1-4H,5,10H2. The first-order chi connectivity index (χ1) is 5.68. The smallest absolute Gasteiger partial charge is 0.367 e. The van der Waals surface area contributed by atoms with Crippen LogP contribution in [0.3, 0.4) is 0 Å². The van der Waals surface area contributed by atoms with Crippen LogP contribution in [-0.2, 0) is 11.3 Å². The molecule has 0 aliphatic heterocycles. The molecule has 4 heteroatoms. The van der Waals surface area contributed by atoms with Crippen molar-refractivity contribution in [1.29, 1.82) is 0 Å². The van der Waals surface area contributed by atoms with Crippen molar-refractivity contribution >= 4 is 32.3 Å². The Balaban J connectivity index is 2.57. The molecular formula is C8H8INO2. The van der Waals surface area contributed by atoms with Gasteiger partial charge in [0.15, 0.2) is 0 Å². The zero-order chi connectivity index (χ0) is 8.97. The fourth-order valence-corrected chi connectivity index (χ4v) is 0.979. The lowest BCUT2D eigenvalue weighted by Crippen LogP contribution is -1.95. The molecule has 0 amide bonds. The van der Waals surface area contributed by atoms with Gasteiger partial charge in [0.2, 0.25) is 0 Å². The van der Waals surface area contributed by atoms with Crippen LogP contribution < -0.4 is 5.73 Å². The SMILES string of the molecule is Nc1cccc(COC(=O)I)c1. The molecule has 0 aromatic heterocycles. The molecule has 64 valence electrons. The van der Waals surface area contributed by atoms with Crippen LogP contribution in [0.1, 0.15) is 5.56 Å². The predicted molar refractivity (Wildman–Crippen MR) is 55.1 cm³/mol. The monoisotopic (exact) mass is 277 g/mol. The second kappa shape index (κ2) is 4.30. The fourth-order valence-electron chi connectivity index (χ4n) is 0.823. The van der Waals surface area contributed by atoms with Crippen molar-refractivity contribution < 1.29 is 9.53 Å². The summed E-state index contributed by atoms with van der Waals surface area (Å²) >= 11 is 1.59. The molecule has 3 nitrogen and oxygen atoms in total. The Morgan fingerprint density at radius 3 is 2.92 bits per heavy atom. The van der Waals surface area contributed by atoms with Crippen molar-refractivity contribution in [3.63, 3.8) is 0 Å². The molecule has 12 heavy (non-hydrogen) atoms. The Hall–Kier alpha value is -0.780. The summed E-state index contributed by atoms with van der Waals surface area (Å²) in [5.41, 5.74) is 7.10. The number of benzene rings is 1. The normalized spacial score (nSPS) is 9.42. The average molecular weight is 277 g/mol. The molecule has 2 N–H and O–H groups in total. The van der Waals surface area contributed by atoms with E-state index in [2.05, 4.69) is 0 Å². The van der Waals surface area contributed by atoms with E-state index in [1.54, 1.807) is 34.7 Å². The summed E-state index contributed by atoms with van der Waals surface area (Å²) in [5.74, 6) is 0. The summed E-state index contributed by atoms with van der Waals surface area (Å²) in [5, 5.41) is 0. The highest BCUT2D eigenvalue weighted by atomic mass is 127. The first-order valence-corrected chi connectivity index (χ1v) is 4.43. The summed E-state index contributed by atoms with van der Waals surface area (Å²) in [6.45, 7) is 0.285. The van der Waals surface area contributed by atoms with Crippen molar-refractivity contribution in [3.8, 4) is 0 Å². The highest BCUT2D eigenvalue weighted by Crippen LogP contribution is 2.08. The van der Waals surface area contributed by atoms with E-state index in [9.17, 15) is 4.79 Å². The van der Waals surface area contributed by atoms with Gasteiger partial charge in [-0.15, -0.1) is 0 Å². The van der Waals surface area contributed by atoms with Gasteiger partial charge >= 0.3 is 3.98 Å². The number of rotatable bonds is 2. The minimum absolute atomic E-state index is 0.285. The van der Waals surface area contributed by atoms with Crippen molar-refractivity contribution in [2.24, 2.45) is 0 Å². The van der Waals surface area contributed by atoms with E-state index in [-0.39, 0.29) is 10.6 Å². The van der Waals surface area contributed by atoms with E-state index >= 15 is 0 Å². The van der Waals surface area contributed by atoms with Crippen molar-refractivity contribution in [2.75, 3.05) is 5.73 Å². The van der Waals surface area contributed by atoms with Crippen LogP contribution >= 0.6 is 22.6 Å². The minimum atomic E-state index is -0.310. The Bertz CT molecular complexity index is 288. The Kier molecular flexibility index (Phi) is 3.33. The van der Waals surface area contributed by atoms with Crippen LogP contribution in [0.2, 0.25) is 0 Å². The van der Waals surface area contributed by atoms with Crippen LogP contribution in [-0.4, -0.2) is 3.98 Å².